The Kier molecular flexibility index (Phi) is 5.95. The van der Waals surface area contributed by atoms with Crippen molar-refractivity contribution in [3.05, 3.63) is 70.4 Å². The number of anilines is 1. The van der Waals surface area contributed by atoms with Crippen molar-refractivity contribution in [1.82, 2.24) is 10.5 Å². The lowest BCUT2D eigenvalue weighted by Crippen LogP contribution is -2.25. The number of carbonyl (C=O) groups excluding carboxylic acids is 2. The molecule has 8 heteroatoms. The van der Waals surface area contributed by atoms with Crippen molar-refractivity contribution in [2.45, 2.75) is 38.8 Å². The first kappa shape index (κ1) is 20.9. The number of aryl methyl sites for hydroxylation is 1. The molecule has 160 valence electrons. The van der Waals surface area contributed by atoms with Crippen LogP contribution in [0.15, 0.2) is 53.1 Å². The minimum Gasteiger partial charge on any atom is -0.441 e. The number of benzene rings is 2. The fourth-order valence-corrected chi connectivity index (χ4v) is 3.43. The first-order chi connectivity index (χ1) is 14.9. The van der Waals surface area contributed by atoms with Crippen molar-refractivity contribution in [1.29, 1.82) is 0 Å². The van der Waals surface area contributed by atoms with Crippen LogP contribution in [-0.4, -0.2) is 23.2 Å². The van der Waals surface area contributed by atoms with Gasteiger partial charge in [0, 0.05) is 27.8 Å². The van der Waals surface area contributed by atoms with Gasteiger partial charge in [0.15, 0.2) is 5.76 Å². The van der Waals surface area contributed by atoms with E-state index in [0.717, 1.165) is 12.8 Å². The first-order valence-corrected chi connectivity index (χ1v) is 10.4. The van der Waals surface area contributed by atoms with Gasteiger partial charge in [-0.1, -0.05) is 47.1 Å². The summed E-state index contributed by atoms with van der Waals surface area (Å²) in [6.07, 6.45) is 0.866. The van der Waals surface area contributed by atoms with Gasteiger partial charge in [-0.2, -0.15) is 0 Å². The van der Waals surface area contributed by atoms with Crippen molar-refractivity contribution in [2.75, 3.05) is 5.32 Å². The first-order valence-electron chi connectivity index (χ1n) is 10.0. The fraction of sp³-hybridized carbons (Fsp3) is 0.261. The molecule has 2 aromatic carbocycles. The summed E-state index contributed by atoms with van der Waals surface area (Å²) in [6, 6.07) is 14.4. The van der Waals surface area contributed by atoms with E-state index in [-0.39, 0.29) is 5.91 Å². The van der Waals surface area contributed by atoms with Crippen molar-refractivity contribution >= 4 is 29.3 Å². The van der Waals surface area contributed by atoms with E-state index < -0.39 is 12.2 Å². The summed E-state index contributed by atoms with van der Waals surface area (Å²) in [5.41, 5.74) is 2.87. The topological polar surface area (TPSA) is 93.5 Å². The molecule has 1 heterocycles. The highest BCUT2D eigenvalue weighted by atomic mass is 35.5. The molecule has 0 spiro atoms. The van der Waals surface area contributed by atoms with E-state index in [1.807, 2.05) is 12.1 Å². The Labute approximate surface area is 184 Å². The van der Waals surface area contributed by atoms with Crippen LogP contribution in [0.1, 0.15) is 47.5 Å². The standard InChI is InChI=1S/C23H22ClN3O4/c1-13-20(26-23(29)30-14(2)18-5-3-4-6-19(18)24)21(31-27-13)15-7-9-16(10-8-15)22(28)25-17-11-12-17/h3-10,14,17H,11-12H2,1-2H3,(H,25,28)(H,26,29). The summed E-state index contributed by atoms with van der Waals surface area (Å²) in [6.45, 7) is 3.46. The van der Waals surface area contributed by atoms with Crippen molar-refractivity contribution in [2.24, 2.45) is 0 Å². The minimum absolute atomic E-state index is 0.0988. The van der Waals surface area contributed by atoms with E-state index in [4.69, 9.17) is 20.9 Å². The van der Waals surface area contributed by atoms with Gasteiger partial charge in [0.05, 0.1) is 0 Å². The van der Waals surface area contributed by atoms with Crippen LogP contribution < -0.4 is 10.6 Å². The zero-order valence-electron chi connectivity index (χ0n) is 17.1. The van der Waals surface area contributed by atoms with Crippen molar-refractivity contribution < 1.29 is 18.8 Å². The lowest BCUT2D eigenvalue weighted by molar-refractivity contribution is 0.0951. The van der Waals surface area contributed by atoms with Crippen LogP contribution >= 0.6 is 11.6 Å². The Hall–Kier alpha value is -3.32. The predicted octanol–water partition coefficient (Wildman–Crippen LogP) is 5.51. The summed E-state index contributed by atoms with van der Waals surface area (Å²) in [4.78, 5) is 24.7. The molecular weight excluding hydrogens is 418 g/mol. The Bertz CT molecular complexity index is 1110. The summed E-state index contributed by atoms with van der Waals surface area (Å²) in [5.74, 6) is 0.285. The zero-order chi connectivity index (χ0) is 22.0. The molecule has 1 atom stereocenters. The molecule has 1 aliphatic rings. The number of nitrogens with zero attached hydrogens (tertiary/aromatic N) is 1. The smallest absolute Gasteiger partial charge is 0.412 e. The molecule has 1 aliphatic carbocycles. The molecule has 1 aromatic heterocycles. The highest BCUT2D eigenvalue weighted by Gasteiger charge is 2.24. The molecule has 1 saturated carbocycles. The highest BCUT2D eigenvalue weighted by molar-refractivity contribution is 6.31. The van der Waals surface area contributed by atoms with Gasteiger partial charge in [-0.25, -0.2) is 4.79 Å². The van der Waals surface area contributed by atoms with Gasteiger partial charge in [-0.05, 0) is 44.9 Å². The quantitative estimate of drug-likeness (QED) is 0.528. The number of carbonyl (C=O) groups is 2. The molecule has 0 radical (unpaired) electrons. The van der Waals surface area contributed by atoms with Crippen LogP contribution in [-0.2, 0) is 4.74 Å². The van der Waals surface area contributed by atoms with Gasteiger partial charge in [-0.3, -0.25) is 10.1 Å². The molecule has 4 rings (SSSR count). The van der Waals surface area contributed by atoms with E-state index in [0.29, 0.717) is 44.9 Å². The van der Waals surface area contributed by atoms with E-state index in [2.05, 4.69) is 15.8 Å². The maximum absolute atomic E-state index is 12.5. The largest absolute Gasteiger partial charge is 0.441 e. The second-order valence-corrected chi connectivity index (χ2v) is 7.90. The molecule has 1 fully saturated rings. The molecule has 7 nitrogen and oxygen atoms in total. The van der Waals surface area contributed by atoms with E-state index >= 15 is 0 Å². The van der Waals surface area contributed by atoms with Gasteiger partial charge < -0.3 is 14.6 Å². The predicted molar refractivity (Wildman–Crippen MR) is 117 cm³/mol. The van der Waals surface area contributed by atoms with Gasteiger partial charge in [-0.15, -0.1) is 0 Å². The van der Waals surface area contributed by atoms with Crippen LogP contribution in [0.25, 0.3) is 11.3 Å². The fourth-order valence-electron chi connectivity index (χ4n) is 3.14. The molecule has 0 bridgehead atoms. The third-order valence-corrected chi connectivity index (χ3v) is 5.38. The molecule has 0 aliphatic heterocycles. The summed E-state index contributed by atoms with van der Waals surface area (Å²) >= 11 is 6.18. The lowest BCUT2D eigenvalue weighted by atomic mass is 10.1. The molecule has 2 amide bonds. The number of aromatic nitrogens is 1. The maximum atomic E-state index is 12.5. The monoisotopic (exact) mass is 439 g/mol. The zero-order valence-corrected chi connectivity index (χ0v) is 17.9. The van der Waals surface area contributed by atoms with Crippen LogP contribution in [0.2, 0.25) is 5.02 Å². The molecule has 3 aromatic rings. The number of hydrogen-bond donors (Lipinski definition) is 2. The molecule has 2 N–H and O–H groups in total. The Morgan fingerprint density at radius 1 is 1.16 bits per heavy atom. The SMILES string of the molecule is Cc1noc(-c2ccc(C(=O)NC3CC3)cc2)c1NC(=O)OC(C)c1ccccc1Cl. The van der Waals surface area contributed by atoms with Gasteiger partial charge in [0.25, 0.3) is 5.91 Å². The van der Waals surface area contributed by atoms with Crippen LogP contribution in [0, 0.1) is 6.92 Å². The Morgan fingerprint density at radius 3 is 2.55 bits per heavy atom. The van der Waals surface area contributed by atoms with E-state index in [1.165, 1.54) is 0 Å². The van der Waals surface area contributed by atoms with Gasteiger partial charge >= 0.3 is 6.09 Å². The van der Waals surface area contributed by atoms with Crippen LogP contribution in [0.5, 0.6) is 0 Å². The third kappa shape index (κ3) is 4.88. The average Bonchev–Trinajstić information content (AvgIpc) is 3.50. The minimum atomic E-state index is -0.652. The maximum Gasteiger partial charge on any atom is 0.412 e. The normalized spacial score (nSPS) is 14.0. The number of ether oxygens (including phenoxy) is 1. The van der Waals surface area contributed by atoms with Crippen molar-refractivity contribution in [3.8, 4) is 11.3 Å². The van der Waals surface area contributed by atoms with Crippen molar-refractivity contribution in [3.63, 3.8) is 0 Å². The Balaban J connectivity index is 1.46. The second-order valence-electron chi connectivity index (χ2n) is 7.49. The molecule has 0 saturated heterocycles. The molecule has 1 unspecified atom stereocenters. The van der Waals surface area contributed by atoms with E-state index in [1.54, 1.807) is 50.2 Å². The third-order valence-electron chi connectivity index (χ3n) is 5.04. The average molecular weight is 440 g/mol. The number of hydrogen-bond acceptors (Lipinski definition) is 5. The number of amides is 2. The number of nitrogens with one attached hydrogen (secondary N) is 2. The van der Waals surface area contributed by atoms with Gasteiger partial charge in [0.1, 0.15) is 17.5 Å². The summed E-state index contributed by atoms with van der Waals surface area (Å²) in [5, 5.41) is 10.1. The number of halogens is 1. The van der Waals surface area contributed by atoms with E-state index in [9.17, 15) is 9.59 Å². The highest BCUT2D eigenvalue weighted by Crippen LogP contribution is 2.32. The van der Waals surface area contributed by atoms with Gasteiger partial charge in [0.2, 0.25) is 0 Å². The Morgan fingerprint density at radius 2 is 1.87 bits per heavy atom. The summed E-state index contributed by atoms with van der Waals surface area (Å²) in [7, 11) is 0. The molecule has 31 heavy (non-hydrogen) atoms. The summed E-state index contributed by atoms with van der Waals surface area (Å²) < 4.78 is 10.9. The second kappa shape index (κ2) is 8.81. The molecular formula is C23H22ClN3O4. The van der Waals surface area contributed by atoms with Crippen LogP contribution in [0.4, 0.5) is 10.5 Å². The lowest BCUT2D eigenvalue weighted by Gasteiger charge is -2.15. The van der Waals surface area contributed by atoms with Crippen LogP contribution in [0.3, 0.4) is 0 Å². The number of rotatable bonds is 6.